The normalized spacial score (nSPS) is 15.8. The van der Waals surface area contributed by atoms with Crippen LogP contribution in [-0.4, -0.2) is 11.0 Å². The van der Waals surface area contributed by atoms with Gasteiger partial charge in [-0.25, -0.2) is 4.98 Å². The summed E-state index contributed by atoms with van der Waals surface area (Å²) in [7, 11) is 0. The summed E-state index contributed by atoms with van der Waals surface area (Å²) < 4.78 is 5.24. The molecule has 1 aliphatic rings. The molecule has 1 saturated carbocycles. The highest BCUT2D eigenvalue weighted by Crippen LogP contribution is 2.25. The minimum Gasteiger partial charge on any atom is -0.444 e. The Morgan fingerprint density at radius 1 is 1.19 bits per heavy atom. The summed E-state index contributed by atoms with van der Waals surface area (Å²) in [6.45, 7) is 0. The Morgan fingerprint density at radius 2 is 2.00 bits per heavy atom. The van der Waals surface area contributed by atoms with Crippen LogP contribution in [-0.2, 0) is 0 Å². The predicted molar refractivity (Wildman–Crippen MR) is 63.2 cm³/mol. The van der Waals surface area contributed by atoms with Gasteiger partial charge in [-0.15, -0.1) is 0 Å². The van der Waals surface area contributed by atoms with Crippen molar-refractivity contribution in [2.75, 3.05) is 5.32 Å². The van der Waals surface area contributed by atoms with E-state index < -0.39 is 0 Å². The molecule has 1 N–H and O–H groups in total. The highest BCUT2D eigenvalue weighted by molar-refractivity contribution is 5.60. The lowest BCUT2D eigenvalue weighted by atomic mass is 9.93. The van der Waals surface area contributed by atoms with Gasteiger partial charge in [-0.05, 0) is 43.5 Å². The van der Waals surface area contributed by atoms with E-state index in [1.165, 1.54) is 31.3 Å². The molecule has 16 heavy (non-hydrogen) atoms. The van der Waals surface area contributed by atoms with Crippen LogP contribution in [0.1, 0.15) is 19.3 Å². The average molecular weight is 214 g/mol. The molecule has 3 nitrogen and oxygen atoms in total. The van der Waals surface area contributed by atoms with Crippen molar-refractivity contribution in [3.63, 3.8) is 0 Å². The second-order valence-corrected chi connectivity index (χ2v) is 4.22. The zero-order valence-electron chi connectivity index (χ0n) is 9.02. The van der Waals surface area contributed by atoms with Gasteiger partial charge in [-0.2, -0.15) is 0 Å². The molecule has 3 heteroatoms. The van der Waals surface area contributed by atoms with Crippen molar-refractivity contribution in [3.8, 4) is 11.3 Å². The fraction of sp³-hybridized carbons (Fsp3) is 0.308. The first-order chi connectivity index (χ1) is 7.92. The lowest BCUT2D eigenvalue weighted by molar-refractivity contribution is 0.445. The molecule has 2 aromatic rings. The minimum atomic E-state index is 0.677. The molecule has 1 aromatic carbocycles. The van der Waals surface area contributed by atoms with Gasteiger partial charge < -0.3 is 9.73 Å². The zero-order valence-corrected chi connectivity index (χ0v) is 9.02. The molecular weight excluding hydrogens is 200 g/mol. The Balaban J connectivity index is 1.74. The molecule has 0 bridgehead atoms. The minimum absolute atomic E-state index is 0.677. The molecule has 0 atom stereocenters. The van der Waals surface area contributed by atoms with Crippen LogP contribution in [0.2, 0.25) is 0 Å². The number of aromatic nitrogens is 1. The largest absolute Gasteiger partial charge is 0.444 e. The van der Waals surface area contributed by atoms with Crippen molar-refractivity contribution in [2.45, 2.75) is 25.3 Å². The summed E-state index contributed by atoms with van der Waals surface area (Å²) in [6, 6.07) is 8.98. The maximum atomic E-state index is 5.24. The van der Waals surface area contributed by atoms with Crippen molar-refractivity contribution in [3.05, 3.63) is 36.9 Å². The van der Waals surface area contributed by atoms with E-state index in [1.54, 1.807) is 6.20 Å². The number of nitrogens with zero attached hydrogens (tertiary/aromatic N) is 1. The average Bonchev–Trinajstić information content (AvgIpc) is 2.78. The standard InChI is InChI=1S/C13H14N2O/c1-2-11(3-1)15-12-6-4-10(5-7-12)13-8-14-9-16-13/h4-9,11,15H,1-3H2. The number of rotatable bonds is 3. The van der Waals surface area contributed by atoms with Crippen LogP contribution in [0.3, 0.4) is 0 Å². The number of oxazole rings is 1. The number of benzene rings is 1. The number of hydrogen-bond acceptors (Lipinski definition) is 3. The smallest absolute Gasteiger partial charge is 0.181 e. The fourth-order valence-electron chi connectivity index (χ4n) is 1.88. The SMILES string of the molecule is c1ncc(-c2ccc(NC3CCC3)cc2)o1. The van der Waals surface area contributed by atoms with Gasteiger partial charge in [0.05, 0.1) is 6.20 Å². The topological polar surface area (TPSA) is 38.1 Å². The van der Waals surface area contributed by atoms with E-state index >= 15 is 0 Å². The summed E-state index contributed by atoms with van der Waals surface area (Å²) in [5, 5.41) is 3.50. The molecule has 0 aliphatic heterocycles. The van der Waals surface area contributed by atoms with E-state index in [0.29, 0.717) is 6.04 Å². The van der Waals surface area contributed by atoms with Crippen LogP contribution in [0.4, 0.5) is 5.69 Å². The molecule has 1 heterocycles. The molecule has 0 spiro atoms. The number of nitrogens with one attached hydrogen (secondary N) is 1. The van der Waals surface area contributed by atoms with Gasteiger partial charge in [-0.3, -0.25) is 0 Å². The lowest BCUT2D eigenvalue weighted by Gasteiger charge is -2.27. The Morgan fingerprint density at radius 3 is 2.56 bits per heavy atom. The summed E-state index contributed by atoms with van der Waals surface area (Å²) in [5.41, 5.74) is 2.25. The molecule has 0 saturated heterocycles. The molecule has 0 radical (unpaired) electrons. The van der Waals surface area contributed by atoms with Gasteiger partial charge in [0.1, 0.15) is 0 Å². The summed E-state index contributed by atoms with van der Waals surface area (Å²) in [6.07, 6.45) is 7.13. The van der Waals surface area contributed by atoms with Gasteiger partial charge in [0.2, 0.25) is 0 Å². The molecule has 3 rings (SSSR count). The molecule has 0 amide bonds. The molecule has 1 aromatic heterocycles. The van der Waals surface area contributed by atoms with Crippen LogP contribution in [0, 0.1) is 0 Å². The van der Waals surface area contributed by atoms with E-state index in [9.17, 15) is 0 Å². The number of anilines is 1. The summed E-state index contributed by atoms with van der Waals surface area (Å²) in [5.74, 6) is 0.815. The highest BCUT2D eigenvalue weighted by atomic mass is 16.3. The molecule has 1 aliphatic carbocycles. The zero-order chi connectivity index (χ0) is 10.8. The van der Waals surface area contributed by atoms with Crippen molar-refractivity contribution in [2.24, 2.45) is 0 Å². The molecule has 1 fully saturated rings. The third-order valence-corrected chi connectivity index (χ3v) is 3.08. The number of hydrogen-bond donors (Lipinski definition) is 1. The first-order valence-corrected chi connectivity index (χ1v) is 5.67. The lowest BCUT2D eigenvalue weighted by Crippen LogP contribution is -2.26. The molecule has 82 valence electrons. The Bertz CT molecular complexity index is 443. The first kappa shape index (κ1) is 9.46. The van der Waals surface area contributed by atoms with Gasteiger partial charge in [0.15, 0.2) is 12.2 Å². The highest BCUT2D eigenvalue weighted by Gasteiger charge is 2.16. The molecular formula is C13H14N2O. The van der Waals surface area contributed by atoms with Crippen LogP contribution in [0.5, 0.6) is 0 Å². The van der Waals surface area contributed by atoms with Gasteiger partial charge in [-0.1, -0.05) is 0 Å². The second-order valence-electron chi connectivity index (χ2n) is 4.22. The Kier molecular flexibility index (Phi) is 2.37. The third-order valence-electron chi connectivity index (χ3n) is 3.08. The van der Waals surface area contributed by atoms with Gasteiger partial charge in [0, 0.05) is 17.3 Å². The van der Waals surface area contributed by atoms with Crippen molar-refractivity contribution < 1.29 is 4.42 Å². The van der Waals surface area contributed by atoms with Crippen molar-refractivity contribution >= 4 is 5.69 Å². The monoisotopic (exact) mass is 214 g/mol. The quantitative estimate of drug-likeness (QED) is 0.851. The summed E-state index contributed by atoms with van der Waals surface area (Å²) >= 11 is 0. The maximum Gasteiger partial charge on any atom is 0.181 e. The van der Waals surface area contributed by atoms with Crippen LogP contribution >= 0.6 is 0 Å². The first-order valence-electron chi connectivity index (χ1n) is 5.67. The van der Waals surface area contributed by atoms with Gasteiger partial charge >= 0.3 is 0 Å². The van der Waals surface area contributed by atoms with E-state index in [-0.39, 0.29) is 0 Å². The maximum absolute atomic E-state index is 5.24. The van der Waals surface area contributed by atoms with E-state index in [2.05, 4.69) is 34.6 Å². The second kappa shape index (κ2) is 4.00. The predicted octanol–water partition coefficient (Wildman–Crippen LogP) is 3.31. The summed E-state index contributed by atoms with van der Waals surface area (Å²) in [4.78, 5) is 3.91. The van der Waals surface area contributed by atoms with E-state index in [4.69, 9.17) is 4.42 Å². The van der Waals surface area contributed by atoms with E-state index in [1.807, 2.05) is 0 Å². The van der Waals surface area contributed by atoms with Crippen molar-refractivity contribution in [1.82, 2.24) is 4.98 Å². The van der Waals surface area contributed by atoms with Crippen LogP contribution in [0.15, 0.2) is 41.3 Å². The Hall–Kier alpha value is -1.77. The molecule has 0 unspecified atom stereocenters. The van der Waals surface area contributed by atoms with Gasteiger partial charge in [0.25, 0.3) is 0 Å². The van der Waals surface area contributed by atoms with Crippen LogP contribution in [0.25, 0.3) is 11.3 Å². The third kappa shape index (κ3) is 1.81. The van der Waals surface area contributed by atoms with Crippen molar-refractivity contribution in [1.29, 1.82) is 0 Å². The fourth-order valence-corrected chi connectivity index (χ4v) is 1.88. The van der Waals surface area contributed by atoms with E-state index in [0.717, 1.165) is 11.3 Å². The van der Waals surface area contributed by atoms with Crippen LogP contribution < -0.4 is 5.32 Å². The Labute approximate surface area is 94.5 Å².